The number of rotatable bonds is 3. The molecule has 2 heterocycles. The van der Waals surface area contributed by atoms with Gasteiger partial charge >= 0.3 is 0 Å². The van der Waals surface area contributed by atoms with E-state index in [0.29, 0.717) is 17.4 Å². The molecule has 0 aromatic carbocycles. The van der Waals surface area contributed by atoms with E-state index in [9.17, 15) is 4.79 Å². The molecule has 3 rings (SSSR count). The fourth-order valence-corrected chi connectivity index (χ4v) is 3.88. The minimum atomic E-state index is -0.0404. The second-order valence-electron chi connectivity index (χ2n) is 6.43. The van der Waals surface area contributed by atoms with Crippen molar-refractivity contribution >= 4 is 23.3 Å². The van der Waals surface area contributed by atoms with Crippen molar-refractivity contribution in [2.45, 2.75) is 57.5 Å². The van der Waals surface area contributed by atoms with E-state index in [1.165, 1.54) is 12.8 Å². The molecule has 1 spiro atoms. The van der Waals surface area contributed by atoms with Crippen molar-refractivity contribution < 1.29 is 9.53 Å². The summed E-state index contributed by atoms with van der Waals surface area (Å²) in [6.45, 7) is 2.72. The zero-order valence-electron chi connectivity index (χ0n) is 13.0. The predicted octanol–water partition coefficient (Wildman–Crippen LogP) is 3.98. The Morgan fingerprint density at radius 3 is 3.00 bits per heavy atom. The van der Waals surface area contributed by atoms with E-state index in [1.54, 1.807) is 6.20 Å². The molecule has 2 aliphatic rings. The van der Waals surface area contributed by atoms with Crippen LogP contribution in [0, 0.1) is 5.92 Å². The Kier molecular flexibility index (Phi) is 4.69. The Bertz CT molecular complexity index is 556. The van der Waals surface area contributed by atoms with Crippen molar-refractivity contribution in [1.82, 2.24) is 4.98 Å². The summed E-state index contributed by atoms with van der Waals surface area (Å²) in [4.78, 5) is 16.9. The van der Waals surface area contributed by atoms with Crippen LogP contribution in [0.5, 0.6) is 0 Å². The lowest BCUT2D eigenvalue weighted by atomic mass is 9.84. The topological polar surface area (TPSA) is 51.2 Å². The monoisotopic (exact) mass is 322 g/mol. The maximum atomic E-state index is 12.6. The third-order valence-corrected chi connectivity index (χ3v) is 5.14. The molecule has 1 aromatic heterocycles. The van der Waals surface area contributed by atoms with Crippen LogP contribution in [0.1, 0.15) is 51.0 Å². The van der Waals surface area contributed by atoms with E-state index in [0.717, 1.165) is 37.7 Å². The average molecular weight is 323 g/mol. The molecule has 1 saturated carbocycles. The van der Waals surface area contributed by atoms with E-state index in [-0.39, 0.29) is 17.4 Å². The van der Waals surface area contributed by atoms with Crippen LogP contribution in [0.2, 0.25) is 5.02 Å². The van der Waals surface area contributed by atoms with Gasteiger partial charge in [0.15, 0.2) is 0 Å². The zero-order valence-corrected chi connectivity index (χ0v) is 13.8. The molecule has 1 aromatic rings. The normalized spacial score (nSPS) is 23.6. The number of aryl methyl sites for hydroxylation is 1. The van der Waals surface area contributed by atoms with Crippen LogP contribution in [0.3, 0.4) is 0 Å². The Morgan fingerprint density at radius 2 is 2.27 bits per heavy atom. The highest BCUT2D eigenvalue weighted by Gasteiger charge is 2.42. The number of nitrogens with one attached hydrogen (secondary N) is 1. The Labute approximate surface area is 136 Å². The van der Waals surface area contributed by atoms with Gasteiger partial charge in [0.05, 0.1) is 10.6 Å². The molecular weight excluding hydrogens is 300 g/mol. The molecular formula is C17H23ClN2O2. The van der Waals surface area contributed by atoms with Crippen molar-refractivity contribution in [2.24, 2.45) is 5.92 Å². The van der Waals surface area contributed by atoms with Crippen LogP contribution in [0.15, 0.2) is 12.3 Å². The van der Waals surface area contributed by atoms with Crippen LogP contribution in [-0.2, 0) is 16.0 Å². The first-order valence-corrected chi connectivity index (χ1v) is 8.59. The molecule has 0 bridgehead atoms. The number of hydrogen-bond acceptors (Lipinski definition) is 3. The molecule has 2 fully saturated rings. The third-order valence-electron chi connectivity index (χ3n) is 4.93. The number of aromatic nitrogens is 1. The number of anilines is 1. The van der Waals surface area contributed by atoms with E-state index in [1.807, 2.05) is 13.0 Å². The summed E-state index contributed by atoms with van der Waals surface area (Å²) in [5.41, 5.74) is 0.935. The maximum absolute atomic E-state index is 12.6. The van der Waals surface area contributed by atoms with Gasteiger partial charge in [0, 0.05) is 18.7 Å². The molecule has 22 heavy (non-hydrogen) atoms. The minimum Gasteiger partial charge on any atom is -0.375 e. The molecule has 1 aliphatic heterocycles. The highest BCUT2D eigenvalue weighted by molar-refractivity contribution is 6.30. The molecule has 120 valence electrons. The number of ether oxygens (including phenoxy) is 1. The summed E-state index contributed by atoms with van der Waals surface area (Å²) < 4.78 is 6.00. The highest BCUT2D eigenvalue weighted by Crippen LogP contribution is 2.42. The van der Waals surface area contributed by atoms with Gasteiger partial charge in [-0.2, -0.15) is 0 Å². The van der Waals surface area contributed by atoms with Crippen molar-refractivity contribution in [3.63, 3.8) is 0 Å². The lowest BCUT2D eigenvalue weighted by Gasteiger charge is -2.37. The molecule has 0 radical (unpaired) electrons. The summed E-state index contributed by atoms with van der Waals surface area (Å²) >= 11 is 5.97. The Morgan fingerprint density at radius 1 is 1.50 bits per heavy atom. The summed E-state index contributed by atoms with van der Waals surface area (Å²) in [5.74, 6) is 0.733. The van der Waals surface area contributed by atoms with Crippen LogP contribution in [0.4, 0.5) is 5.82 Å². The number of hydrogen-bond donors (Lipinski definition) is 1. The molecule has 1 amide bonds. The zero-order chi connectivity index (χ0) is 15.6. The second kappa shape index (κ2) is 6.55. The van der Waals surface area contributed by atoms with Gasteiger partial charge in [0.25, 0.3) is 0 Å². The van der Waals surface area contributed by atoms with E-state index in [4.69, 9.17) is 16.3 Å². The molecule has 1 atom stereocenters. The van der Waals surface area contributed by atoms with Gasteiger partial charge in [-0.05, 0) is 43.7 Å². The fourth-order valence-electron chi connectivity index (χ4n) is 3.70. The summed E-state index contributed by atoms with van der Waals surface area (Å²) in [7, 11) is 0. The maximum Gasteiger partial charge on any atom is 0.228 e. The molecule has 1 N–H and O–H groups in total. The number of carbonyl (C=O) groups excluding carboxylic acids is 1. The Balaban J connectivity index is 1.69. The van der Waals surface area contributed by atoms with Gasteiger partial charge in [0.1, 0.15) is 5.82 Å². The number of pyridine rings is 1. The smallest absolute Gasteiger partial charge is 0.228 e. The first-order valence-electron chi connectivity index (χ1n) is 8.21. The van der Waals surface area contributed by atoms with Gasteiger partial charge in [-0.1, -0.05) is 31.4 Å². The second-order valence-corrected chi connectivity index (χ2v) is 6.87. The Hall–Kier alpha value is -1.13. The van der Waals surface area contributed by atoms with Crippen molar-refractivity contribution in [3.05, 3.63) is 22.8 Å². The lowest BCUT2D eigenvalue weighted by Crippen LogP contribution is -2.41. The number of halogens is 1. The highest BCUT2D eigenvalue weighted by atomic mass is 35.5. The molecule has 1 aliphatic carbocycles. The predicted molar refractivity (Wildman–Crippen MR) is 87.1 cm³/mol. The molecule has 4 nitrogen and oxygen atoms in total. The van der Waals surface area contributed by atoms with Gasteiger partial charge < -0.3 is 10.1 Å². The van der Waals surface area contributed by atoms with Crippen molar-refractivity contribution in [3.8, 4) is 0 Å². The van der Waals surface area contributed by atoms with Gasteiger partial charge in [-0.25, -0.2) is 4.98 Å². The van der Waals surface area contributed by atoms with Crippen molar-refractivity contribution in [2.75, 3.05) is 11.9 Å². The standard InChI is InChI=1S/C17H23ClN2O2/c1-2-12-9-14(18)11-19-15(12)20-16(21)13-5-8-22-17(10-13)6-3-4-7-17/h9,11,13H,2-8,10H2,1H3,(H,19,20,21). The van der Waals surface area contributed by atoms with Crippen LogP contribution < -0.4 is 5.32 Å². The SMILES string of the molecule is CCc1cc(Cl)cnc1NC(=O)C1CCOC2(CCCC2)C1. The first-order chi connectivity index (χ1) is 10.6. The number of amides is 1. The van der Waals surface area contributed by atoms with Crippen LogP contribution in [0.25, 0.3) is 0 Å². The summed E-state index contributed by atoms with van der Waals surface area (Å²) in [6.07, 6.45) is 8.63. The average Bonchev–Trinajstić information content (AvgIpc) is 2.96. The fraction of sp³-hybridized carbons (Fsp3) is 0.647. The van der Waals surface area contributed by atoms with E-state index in [2.05, 4.69) is 10.3 Å². The molecule has 1 saturated heterocycles. The quantitative estimate of drug-likeness (QED) is 0.916. The third kappa shape index (κ3) is 3.28. The largest absolute Gasteiger partial charge is 0.375 e. The van der Waals surface area contributed by atoms with E-state index < -0.39 is 0 Å². The summed E-state index contributed by atoms with van der Waals surface area (Å²) in [5, 5.41) is 3.60. The van der Waals surface area contributed by atoms with Gasteiger partial charge in [-0.15, -0.1) is 0 Å². The molecule has 1 unspecified atom stereocenters. The lowest BCUT2D eigenvalue weighted by molar-refractivity contribution is -0.133. The van der Waals surface area contributed by atoms with E-state index >= 15 is 0 Å². The first kappa shape index (κ1) is 15.8. The number of carbonyl (C=O) groups is 1. The summed E-state index contributed by atoms with van der Waals surface area (Å²) in [6, 6.07) is 1.87. The molecule has 5 heteroatoms. The number of nitrogens with zero attached hydrogens (tertiary/aromatic N) is 1. The van der Waals surface area contributed by atoms with Crippen LogP contribution in [-0.4, -0.2) is 23.1 Å². The van der Waals surface area contributed by atoms with Crippen LogP contribution >= 0.6 is 11.6 Å². The van der Waals surface area contributed by atoms with Crippen molar-refractivity contribution in [1.29, 1.82) is 0 Å². The van der Waals surface area contributed by atoms with Gasteiger partial charge in [0.2, 0.25) is 5.91 Å². The minimum absolute atomic E-state index is 0.0223. The van der Waals surface area contributed by atoms with Gasteiger partial charge in [-0.3, -0.25) is 4.79 Å².